The summed E-state index contributed by atoms with van der Waals surface area (Å²) in [6, 6.07) is 1.96. The van der Waals surface area contributed by atoms with Crippen LogP contribution in [0.2, 0.25) is 0 Å². The van der Waals surface area contributed by atoms with Crippen LogP contribution in [0.15, 0.2) is 21.2 Å². The highest BCUT2D eigenvalue weighted by molar-refractivity contribution is 9.11. The third-order valence-electron chi connectivity index (χ3n) is 2.41. The average molecular weight is 393 g/mol. The minimum atomic E-state index is 0.0871. The van der Waals surface area contributed by atoms with E-state index in [1.807, 2.05) is 6.07 Å². The molecule has 1 heterocycles. The second-order valence-electron chi connectivity index (χ2n) is 4.71. The molecule has 0 aliphatic heterocycles. The summed E-state index contributed by atoms with van der Waals surface area (Å²) in [6.45, 7) is 6.18. The number of rotatable bonds is 7. The predicted octanol–water partition coefficient (Wildman–Crippen LogP) is 2.86. The predicted molar refractivity (Wildman–Crippen MR) is 83.8 cm³/mol. The molecule has 1 aromatic rings. The van der Waals surface area contributed by atoms with Crippen LogP contribution < -0.4 is 10.6 Å². The zero-order valence-electron chi connectivity index (χ0n) is 11.2. The molecule has 0 aliphatic carbocycles. The Balaban J connectivity index is 2.22. The number of hydrogen-bond acceptors (Lipinski definition) is 3. The molecule has 6 heteroatoms. The summed E-state index contributed by atoms with van der Waals surface area (Å²) in [5.41, 5.74) is 0.936. The molecule has 0 atom stereocenters. The Morgan fingerprint density at radius 3 is 2.79 bits per heavy atom. The van der Waals surface area contributed by atoms with Crippen LogP contribution in [0, 0.1) is 5.92 Å². The molecule has 4 nitrogen and oxygen atoms in total. The first-order valence-corrected chi connectivity index (χ1v) is 7.85. The minimum absolute atomic E-state index is 0.0871. The maximum absolute atomic E-state index is 11.5. The van der Waals surface area contributed by atoms with Crippen molar-refractivity contribution in [2.45, 2.75) is 26.8 Å². The van der Waals surface area contributed by atoms with Crippen molar-refractivity contribution in [2.24, 2.45) is 5.92 Å². The number of amides is 1. The molecule has 0 aromatic carbocycles. The Morgan fingerprint density at radius 1 is 1.42 bits per heavy atom. The molecule has 0 fully saturated rings. The van der Waals surface area contributed by atoms with Gasteiger partial charge in [-0.2, -0.15) is 0 Å². The summed E-state index contributed by atoms with van der Waals surface area (Å²) in [6.07, 6.45) is 2.25. The Morgan fingerprint density at radius 2 is 2.16 bits per heavy atom. The first-order chi connectivity index (χ1) is 8.99. The zero-order chi connectivity index (χ0) is 14.3. The monoisotopic (exact) mass is 391 g/mol. The number of hydrogen-bond donors (Lipinski definition) is 2. The van der Waals surface area contributed by atoms with E-state index in [1.54, 1.807) is 6.20 Å². The first kappa shape index (κ1) is 16.6. The number of nitrogens with one attached hydrogen (secondary N) is 2. The van der Waals surface area contributed by atoms with Gasteiger partial charge < -0.3 is 10.6 Å². The molecule has 0 saturated heterocycles. The van der Waals surface area contributed by atoms with Crippen molar-refractivity contribution in [3.05, 3.63) is 26.9 Å². The van der Waals surface area contributed by atoms with Gasteiger partial charge in [0.15, 0.2) is 0 Å². The molecule has 19 heavy (non-hydrogen) atoms. The Kier molecular flexibility index (Phi) is 7.56. The highest BCUT2D eigenvalue weighted by Crippen LogP contribution is 2.19. The van der Waals surface area contributed by atoms with Crippen LogP contribution in [0.1, 0.15) is 26.0 Å². The third-order valence-corrected chi connectivity index (χ3v) is 3.53. The van der Waals surface area contributed by atoms with Gasteiger partial charge >= 0.3 is 0 Å². The largest absolute Gasteiger partial charge is 0.356 e. The van der Waals surface area contributed by atoms with Gasteiger partial charge in [0.05, 0.1) is 5.69 Å². The molecule has 0 aliphatic rings. The summed E-state index contributed by atoms with van der Waals surface area (Å²) in [4.78, 5) is 15.8. The van der Waals surface area contributed by atoms with E-state index in [4.69, 9.17) is 0 Å². The van der Waals surface area contributed by atoms with Crippen LogP contribution in [0.3, 0.4) is 0 Å². The van der Waals surface area contributed by atoms with Crippen molar-refractivity contribution < 1.29 is 4.79 Å². The zero-order valence-corrected chi connectivity index (χ0v) is 14.3. The van der Waals surface area contributed by atoms with Crippen LogP contribution in [-0.4, -0.2) is 24.0 Å². The fraction of sp³-hybridized carbons (Fsp3) is 0.538. The highest BCUT2D eigenvalue weighted by Gasteiger charge is 2.04. The smallest absolute Gasteiger partial charge is 0.221 e. The number of halogens is 2. The Bertz CT molecular complexity index is 424. The van der Waals surface area contributed by atoms with Crippen LogP contribution in [0.25, 0.3) is 0 Å². The Hall–Kier alpha value is -0.460. The summed E-state index contributed by atoms with van der Waals surface area (Å²) in [5.74, 6) is 0.573. The fourth-order valence-electron chi connectivity index (χ4n) is 1.39. The quantitative estimate of drug-likeness (QED) is 0.701. The summed E-state index contributed by atoms with van der Waals surface area (Å²) in [5, 5.41) is 6.10. The molecule has 1 aromatic heterocycles. The fourth-order valence-corrected chi connectivity index (χ4v) is 2.52. The molecule has 0 bridgehead atoms. The van der Waals surface area contributed by atoms with E-state index in [9.17, 15) is 4.79 Å². The van der Waals surface area contributed by atoms with Crippen molar-refractivity contribution in [1.82, 2.24) is 15.6 Å². The average Bonchev–Trinajstić information content (AvgIpc) is 2.34. The molecule has 0 saturated carbocycles. The van der Waals surface area contributed by atoms with E-state index in [-0.39, 0.29) is 5.91 Å². The van der Waals surface area contributed by atoms with Crippen molar-refractivity contribution >= 4 is 37.8 Å². The number of carbonyl (C=O) groups is 1. The molecule has 0 spiro atoms. The lowest BCUT2D eigenvalue weighted by Gasteiger charge is -2.08. The minimum Gasteiger partial charge on any atom is -0.356 e. The van der Waals surface area contributed by atoms with E-state index >= 15 is 0 Å². The third kappa shape index (κ3) is 7.03. The van der Waals surface area contributed by atoms with Gasteiger partial charge in [0.25, 0.3) is 0 Å². The van der Waals surface area contributed by atoms with Crippen LogP contribution in [-0.2, 0) is 11.3 Å². The number of nitrogens with zero attached hydrogens (tertiary/aromatic N) is 1. The molecule has 2 N–H and O–H groups in total. The lowest BCUT2D eigenvalue weighted by atomic mass is 10.2. The molecule has 106 valence electrons. The lowest BCUT2D eigenvalue weighted by Crippen LogP contribution is -2.30. The first-order valence-electron chi connectivity index (χ1n) is 6.26. The van der Waals surface area contributed by atoms with E-state index in [2.05, 4.69) is 61.3 Å². The summed E-state index contributed by atoms with van der Waals surface area (Å²) < 4.78 is 1.90. The van der Waals surface area contributed by atoms with E-state index in [0.717, 1.165) is 21.2 Å². The van der Waals surface area contributed by atoms with Crippen LogP contribution >= 0.6 is 31.9 Å². The maximum Gasteiger partial charge on any atom is 0.221 e. The van der Waals surface area contributed by atoms with E-state index in [1.165, 1.54) is 0 Å². The molecule has 1 amide bonds. The van der Waals surface area contributed by atoms with Gasteiger partial charge in [-0.05, 0) is 43.8 Å². The Labute approximate surface area is 131 Å². The molecular formula is C13H19Br2N3O. The maximum atomic E-state index is 11.5. The van der Waals surface area contributed by atoms with Gasteiger partial charge in [-0.25, -0.2) is 0 Å². The highest BCUT2D eigenvalue weighted by atomic mass is 79.9. The van der Waals surface area contributed by atoms with Gasteiger partial charge in [-0.15, -0.1) is 0 Å². The van der Waals surface area contributed by atoms with Crippen LogP contribution in [0.5, 0.6) is 0 Å². The van der Waals surface area contributed by atoms with Gasteiger partial charge in [-0.3, -0.25) is 9.78 Å². The summed E-state index contributed by atoms with van der Waals surface area (Å²) >= 11 is 6.82. The second kappa shape index (κ2) is 8.66. The normalized spacial score (nSPS) is 10.8. The SMILES string of the molecule is CC(C)CNC(=O)CCNCc1ncc(Br)cc1Br. The van der Waals surface area contributed by atoms with Gasteiger partial charge in [0, 0.05) is 41.2 Å². The molecule has 0 radical (unpaired) electrons. The van der Waals surface area contributed by atoms with Gasteiger partial charge in [0.2, 0.25) is 5.91 Å². The van der Waals surface area contributed by atoms with Gasteiger partial charge in [0.1, 0.15) is 0 Å². The molecular weight excluding hydrogens is 374 g/mol. The summed E-state index contributed by atoms with van der Waals surface area (Å²) in [7, 11) is 0. The van der Waals surface area contributed by atoms with Crippen molar-refractivity contribution in [2.75, 3.05) is 13.1 Å². The van der Waals surface area contributed by atoms with Crippen molar-refractivity contribution in [3.63, 3.8) is 0 Å². The van der Waals surface area contributed by atoms with Crippen LogP contribution in [0.4, 0.5) is 0 Å². The topological polar surface area (TPSA) is 54.0 Å². The van der Waals surface area contributed by atoms with E-state index < -0.39 is 0 Å². The standard InChI is InChI=1S/C13H19Br2N3O/c1-9(2)6-18-13(19)3-4-16-8-12-11(15)5-10(14)7-17-12/h5,7,9,16H,3-4,6,8H2,1-2H3,(H,18,19). The van der Waals surface area contributed by atoms with E-state index in [0.29, 0.717) is 25.4 Å². The number of pyridine rings is 1. The number of aromatic nitrogens is 1. The molecule has 0 unspecified atom stereocenters. The van der Waals surface area contributed by atoms with Crippen molar-refractivity contribution in [3.8, 4) is 0 Å². The number of carbonyl (C=O) groups excluding carboxylic acids is 1. The van der Waals surface area contributed by atoms with Gasteiger partial charge in [-0.1, -0.05) is 13.8 Å². The molecule has 1 rings (SSSR count). The second-order valence-corrected chi connectivity index (χ2v) is 6.48. The lowest BCUT2D eigenvalue weighted by molar-refractivity contribution is -0.121. The van der Waals surface area contributed by atoms with Crippen molar-refractivity contribution in [1.29, 1.82) is 0 Å².